The number of halogens is 1. The normalized spacial score (nSPS) is 11.9. The molecule has 0 aliphatic heterocycles. The van der Waals surface area contributed by atoms with Crippen molar-refractivity contribution in [2.45, 2.75) is 19.4 Å². The zero-order valence-corrected chi connectivity index (χ0v) is 19.2. The van der Waals surface area contributed by atoms with Gasteiger partial charge in [-0.2, -0.15) is 5.10 Å². The van der Waals surface area contributed by atoms with Crippen molar-refractivity contribution in [3.05, 3.63) is 89.6 Å². The smallest absolute Gasteiger partial charge is 0.116 e. The van der Waals surface area contributed by atoms with Gasteiger partial charge in [0.2, 0.25) is 0 Å². The number of phenols is 1. The molecule has 4 nitrogen and oxygen atoms in total. The van der Waals surface area contributed by atoms with Crippen LogP contribution in [0.2, 0.25) is 5.02 Å². The van der Waals surface area contributed by atoms with Crippen molar-refractivity contribution in [3.63, 3.8) is 0 Å². The number of nitrogens with zero attached hydrogens (tertiary/aromatic N) is 2. The fraction of sp³-hybridized carbons (Fsp3) is 0.115. The highest BCUT2D eigenvalue weighted by Crippen LogP contribution is 2.38. The number of benzene rings is 3. The van der Waals surface area contributed by atoms with Crippen LogP contribution < -0.4 is 0 Å². The lowest BCUT2D eigenvalue weighted by molar-refractivity contribution is 0.0734. The Morgan fingerprint density at radius 3 is 2.38 bits per heavy atom. The molecule has 0 radical (unpaired) electrons. The summed E-state index contributed by atoms with van der Waals surface area (Å²) in [6, 6.07) is 25.2. The van der Waals surface area contributed by atoms with Crippen molar-refractivity contribution < 1.29 is 10.2 Å². The first-order valence-electron chi connectivity index (χ1n) is 10.2. The molecule has 160 valence electrons. The molecule has 6 heteroatoms. The van der Waals surface area contributed by atoms with Gasteiger partial charge < -0.3 is 10.2 Å². The number of thiophene rings is 1. The van der Waals surface area contributed by atoms with Gasteiger partial charge in [-0.25, -0.2) is 4.68 Å². The van der Waals surface area contributed by atoms with E-state index in [1.807, 2.05) is 42.5 Å². The van der Waals surface area contributed by atoms with Gasteiger partial charge in [-0.1, -0.05) is 41.9 Å². The second-order valence-electron chi connectivity index (χ2n) is 8.25. The largest absolute Gasteiger partial charge is 0.508 e. The Balaban J connectivity index is 1.61. The van der Waals surface area contributed by atoms with E-state index in [2.05, 4.69) is 29.4 Å². The number of aromatic hydroxyl groups is 1. The van der Waals surface area contributed by atoms with E-state index in [1.165, 1.54) is 0 Å². The second kappa shape index (κ2) is 7.78. The molecule has 5 rings (SSSR count). The van der Waals surface area contributed by atoms with Crippen molar-refractivity contribution >= 4 is 33.7 Å². The van der Waals surface area contributed by atoms with Gasteiger partial charge in [0.15, 0.2) is 0 Å². The van der Waals surface area contributed by atoms with Gasteiger partial charge in [0.05, 0.1) is 27.0 Å². The summed E-state index contributed by atoms with van der Waals surface area (Å²) in [4.78, 5) is 2.14. The monoisotopic (exact) mass is 460 g/mol. The van der Waals surface area contributed by atoms with E-state index in [1.54, 1.807) is 42.0 Å². The van der Waals surface area contributed by atoms with E-state index >= 15 is 0 Å². The molecule has 0 spiro atoms. The maximum atomic E-state index is 10.6. The maximum absolute atomic E-state index is 10.6. The third kappa shape index (κ3) is 3.79. The summed E-state index contributed by atoms with van der Waals surface area (Å²) >= 11 is 8.13. The molecule has 2 N–H and O–H groups in total. The number of fused-ring (bicyclic) bond motifs is 1. The Bertz CT molecular complexity index is 1450. The molecule has 0 fully saturated rings. The van der Waals surface area contributed by atoms with Gasteiger partial charge in [0.1, 0.15) is 11.4 Å². The quantitative estimate of drug-likeness (QED) is 0.303. The fourth-order valence-electron chi connectivity index (χ4n) is 3.68. The van der Waals surface area contributed by atoms with Crippen LogP contribution in [0.3, 0.4) is 0 Å². The van der Waals surface area contributed by atoms with Crippen LogP contribution in [0.5, 0.6) is 5.75 Å². The average Bonchev–Trinajstić information content (AvgIpc) is 3.41. The summed E-state index contributed by atoms with van der Waals surface area (Å²) in [5.41, 5.74) is 2.24. The van der Waals surface area contributed by atoms with Crippen molar-refractivity contribution in [3.8, 4) is 32.4 Å². The van der Waals surface area contributed by atoms with Crippen LogP contribution in [-0.4, -0.2) is 20.0 Å². The number of hydrogen-bond donors (Lipinski definition) is 2. The van der Waals surface area contributed by atoms with Crippen molar-refractivity contribution in [1.29, 1.82) is 0 Å². The van der Waals surface area contributed by atoms with E-state index < -0.39 is 5.60 Å². The van der Waals surface area contributed by atoms with Gasteiger partial charge in [-0.15, -0.1) is 11.3 Å². The molecule has 0 saturated carbocycles. The first-order chi connectivity index (χ1) is 15.3. The number of para-hydroxylation sites is 1. The minimum absolute atomic E-state index is 0.263. The van der Waals surface area contributed by atoms with Crippen molar-refractivity contribution in [1.82, 2.24) is 9.78 Å². The highest BCUT2D eigenvalue weighted by Gasteiger charge is 2.24. The topological polar surface area (TPSA) is 58.3 Å². The molecule has 32 heavy (non-hydrogen) atoms. The third-order valence-corrected chi connectivity index (χ3v) is 6.86. The number of rotatable bonds is 4. The minimum Gasteiger partial charge on any atom is -0.508 e. The molecule has 0 saturated heterocycles. The fourth-order valence-corrected chi connectivity index (χ4v) is 4.90. The zero-order valence-electron chi connectivity index (χ0n) is 17.6. The lowest BCUT2D eigenvalue weighted by Gasteiger charge is -2.13. The second-order valence-corrected chi connectivity index (χ2v) is 9.74. The van der Waals surface area contributed by atoms with Crippen molar-refractivity contribution in [2.75, 3.05) is 0 Å². The Hall–Kier alpha value is -3.12. The zero-order chi connectivity index (χ0) is 22.5. The maximum Gasteiger partial charge on any atom is 0.116 e. The molecular formula is C26H21ClN2O2S. The molecule has 0 atom stereocenters. The standard InChI is InChI=1S/C26H21ClN2O2S/c1-26(2,31)25-15-22(29(28-25)21-6-4-3-5-20(21)27)24-12-11-23(32-24)18-8-7-17-14-19(30)10-9-16(17)13-18/h3-15,30-31H,1-2H3. The first-order valence-corrected chi connectivity index (χ1v) is 11.4. The van der Waals surface area contributed by atoms with Crippen molar-refractivity contribution in [2.24, 2.45) is 0 Å². The SMILES string of the molecule is CC(C)(O)c1cc(-c2ccc(-c3ccc4cc(O)ccc4c3)s2)n(-c2ccccc2Cl)n1. The molecule has 0 aliphatic carbocycles. The number of hydrogen-bond acceptors (Lipinski definition) is 4. The van der Waals surface area contributed by atoms with E-state index in [0.29, 0.717) is 10.7 Å². The van der Waals surface area contributed by atoms with Gasteiger partial charge in [0, 0.05) is 4.88 Å². The van der Waals surface area contributed by atoms with Crippen LogP contribution in [0.25, 0.3) is 37.5 Å². The number of aliphatic hydroxyl groups is 1. The summed E-state index contributed by atoms with van der Waals surface area (Å²) in [6.07, 6.45) is 0. The lowest BCUT2D eigenvalue weighted by atomic mass is 10.1. The summed E-state index contributed by atoms with van der Waals surface area (Å²) in [6.45, 7) is 3.45. The van der Waals surface area contributed by atoms with Gasteiger partial charge in [0.25, 0.3) is 0 Å². The first kappa shape index (κ1) is 20.8. The highest BCUT2D eigenvalue weighted by atomic mass is 35.5. The van der Waals surface area contributed by atoms with Crippen LogP contribution in [-0.2, 0) is 5.60 Å². The summed E-state index contributed by atoms with van der Waals surface area (Å²) in [7, 11) is 0. The average molecular weight is 461 g/mol. The summed E-state index contributed by atoms with van der Waals surface area (Å²) in [5, 5.41) is 27.6. The Morgan fingerprint density at radius 2 is 1.59 bits per heavy atom. The Kier molecular flexibility index (Phi) is 5.05. The van der Waals surface area contributed by atoms with Gasteiger partial charge >= 0.3 is 0 Å². The minimum atomic E-state index is -1.08. The van der Waals surface area contributed by atoms with E-state index in [0.717, 1.165) is 37.5 Å². The van der Waals surface area contributed by atoms with Crippen LogP contribution in [0.15, 0.2) is 78.9 Å². The predicted molar refractivity (Wildman–Crippen MR) is 132 cm³/mol. The molecule has 0 bridgehead atoms. The van der Waals surface area contributed by atoms with Crippen LogP contribution >= 0.6 is 22.9 Å². The molecule has 2 aromatic heterocycles. The molecule has 2 heterocycles. The van der Waals surface area contributed by atoms with Crippen LogP contribution in [0, 0.1) is 0 Å². The molecule has 0 unspecified atom stereocenters. The summed E-state index contributed by atoms with van der Waals surface area (Å²) < 4.78 is 1.80. The third-order valence-electron chi connectivity index (χ3n) is 5.38. The van der Waals surface area contributed by atoms with E-state index in [-0.39, 0.29) is 5.75 Å². The Morgan fingerprint density at radius 1 is 0.875 bits per heavy atom. The summed E-state index contributed by atoms with van der Waals surface area (Å²) in [5.74, 6) is 0.263. The van der Waals surface area contributed by atoms with Gasteiger partial charge in [-0.3, -0.25) is 0 Å². The molecule has 0 amide bonds. The molecular weight excluding hydrogens is 440 g/mol. The van der Waals surface area contributed by atoms with E-state index in [4.69, 9.17) is 11.6 Å². The molecule has 0 aliphatic rings. The van der Waals surface area contributed by atoms with Crippen LogP contribution in [0.4, 0.5) is 0 Å². The Labute approximate surface area is 195 Å². The molecule has 5 aromatic rings. The number of aromatic nitrogens is 2. The number of phenolic OH excluding ortho intramolecular Hbond substituents is 1. The predicted octanol–water partition coefficient (Wildman–Crippen LogP) is 7.01. The molecule has 3 aromatic carbocycles. The van der Waals surface area contributed by atoms with Gasteiger partial charge in [-0.05, 0) is 78.7 Å². The van der Waals surface area contributed by atoms with E-state index in [9.17, 15) is 10.2 Å². The lowest BCUT2D eigenvalue weighted by Crippen LogP contribution is -2.16. The highest BCUT2D eigenvalue weighted by molar-refractivity contribution is 7.18. The van der Waals surface area contributed by atoms with Crippen LogP contribution in [0.1, 0.15) is 19.5 Å².